The van der Waals surface area contributed by atoms with Crippen LogP contribution in [-0.2, 0) is 32.6 Å². The zero-order valence-corrected chi connectivity index (χ0v) is 29.4. The molecule has 0 aromatic heterocycles. The molecule has 1 atom stereocenters. The molecule has 1 N–H and O–H groups in total. The third-order valence-corrected chi connectivity index (χ3v) is 11.2. The van der Waals surface area contributed by atoms with Gasteiger partial charge in [0.15, 0.2) is 0 Å². The van der Waals surface area contributed by atoms with Crippen molar-refractivity contribution in [3.05, 3.63) is 130 Å². The van der Waals surface area contributed by atoms with Gasteiger partial charge in [0.05, 0.1) is 10.6 Å². The van der Waals surface area contributed by atoms with Crippen LogP contribution in [-0.4, -0.2) is 43.8 Å². The van der Waals surface area contributed by atoms with Crippen LogP contribution in [0.4, 0.5) is 5.69 Å². The van der Waals surface area contributed by atoms with E-state index >= 15 is 0 Å². The number of aryl methyl sites for hydroxylation is 2. The minimum Gasteiger partial charge on any atom is -0.352 e. The molecule has 4 aromatic rings. The summed E-state index contributed by atoms with van der Waals surface area (Å²) in [5, 5.41) is 3.80. The van der Waals surface area contributed by atoms with Crippen LogP contribution in [0.15, 0.2) is 102 Å². The molecule has 1 aliphatic rings. The van der Waals surface area contributed by atoms with Gasteiger partial charge >= 0.3 is 0 Å². The standard InChI is InChI=1S/C39H44ClN3O4S/c1-28-17-23-35(24-18-28)48(46,47)43(36-16-10-11-29(2)30(36)3)27-38(44)42(26-32-19-21-33(40)22-20-32)37(25-31-12-6-4-7-13-31)39(45)41-34-14-8-5-9-15-34/h4,6-7,10-13,16-24,34,37H,5,8-9,14-15,25-27H2,1-3H3,(H,41,45). The normalized spacial score (nSPS) is 14.2. The van der Waals surface area contributed by atoms with E-state index < -0.39 is 28.5 Å². The van der Waals surface area contributed by atoms with Gasteiger partial charge < -0.3 is 10.2 Å². The maximum atomic E-state index is 14.8. The fraction of sp³-hybridized carbons (Fsp3) is 0.333. The molecule has 9 heteroatoms. The van der Waals surface area contributed by atoms with E-state index in [-0.39, 0.29) is 29.8 Å². The molecule has 0 bridgehead atoms. The van der Waals surface area contributed by atoms with E-state index in [4.69, 9.17) is 11.6 Å². The number of benzene rings is 4. The number of hydrogen-bond acceptors (Lipinski definition) is 4. The van der Waals surface area contributed by atoms with Crippen molar-refractivity contribution in [2.75, 3.05) is 10.8 Å². The van der Waals surface area contributed by atoms with Crippen molar-refractivity contribution in [1.29, 1.82) is 0 Å². The molecular weight excluding hydrogens is 642 g/mol. The highest BCUT2D eigenvalue weighted by Crippen LogP contribution is 2.30. The second-order valence-electron chi connectivity index (χ2n) is 12.7. The van der Waals surface area contributed by atoms with Crippen LogP contribution in [0.2, 0.25) is 5.02 Å². The fourth-order valence-electron chi connectivity index (χ4n) is 6.24. The number of amides is 2. The Morgan fingerprint density at radius 1 is 0.812 bits per heavy atom. The summed E-state index contributed by atoms with van der Waals surface area (Å²) in [6.07, 6.45) is 5.29. The summed E-state index contributed by atoms with van der Waals surface area (Å²) in [5.74, 6) is -0.728. The SMILES string of the molecule is Cc1ccc(S(=O)(=O)N(CC(=O)N(Cc2ccc(Cl)cc2)C(Cc2ccccc2)C(=O)NC2CCCCC2)c2cccc(C)c2C)cc1. The number of carbonyl (C=O) groups is 2. The van der Waals surface area contributed by atoms with Crippen LogP contribution in [0.3, 0.4) is 0 Å². The van der Waals surface area contributed by atoms with Gasteiger partial charge in [-0.3, -0.25) is 13.9 Å². The van der Waals surface area contributed by atoms with Crippen molar-refractivity contribution in [2.24, 2.45) is 0 Å². The van der Waals surface area contributed by atoms with Crippen LogP contribution < -0.4 is 9.62 Å². The van der Waals surface area contributed by atoms with Crippen LogP contribution in [0, 0.1) is 20.8 Å². The number of nitrogens with one attached hydrogen (secondary N) is 1. The van der Waals surface area contributed by atoms with Crippen molar-refractivity contribution >= 4 is 39.1 Å². The molecular formula is C39H44ClN3O4S. The molecule has 252 valence electrons. The molecule has 7 nitrogen and oxygen atoms in total. The first-order valence-corrected chi connectivity index (χ1v) is 18.4. The third-order valence-electron chi connectivity index (χ3n) is 9.22. The average molecular weight is 686 g/mol. The van der Waals surface area contributed by atoms with Gasteiger partial charge in [-0.05, 0) is 86.2 Å². The minimum atomic E-state index is -4.18. The summed E-state index contributed by atoms with van der Waals surface area (Å²) in [6.45, 7) is 5.26. The summed E-state index contributed by atoms with van der Waals surface area (Å²) < 4.78 is 30.0. The van der Waals surface area contributed by atoms with E-state index in [2.05, 4.69) is 5.32 Å². The Hall–Kier alpha value is -4.14. The summed E-state index contributed by atoms with van der Waals surface area (Å²) in [5.41, 5.74) is 4.66. The number of hydrogen-bond donors (Lipinski definition) is 1. The highest BCUT2D eigenvalue weighted by atomic mass is 35.5. The molecule has 2 amide bonds. The monoisotopic (exact) mass is 685 g/mol. The lowest BCUT2D eigenvalue weighted by Gasteiger charge is -2.35. The number of halogens is 1. The van der Waals surface area contributed by atoms with Crippen molar-refractivity contribution in [3.63, 3.8) is 0 Å². The predicted molar refractivity (Wildman–Crippen MR) is 193 cm³/mol. The number of anilines is 1. The lowest BCUT2D eigenvalue weighted by Crippen LogP contribution is -2.55. The average Bonchev–Trinajstić information content (AvgIpc) is 3.08. The van der Waals surface area contributed by atoms with Crippen molar-refractivity contribution in [1.82, 2.24) is 10.2 Å². The van der Waals surface area contributed by atoms with Crippen LogP contribution in [0.1, 0.15) is 59.9 Å². The predicted octanol–water partition coefficient (Wildman–Crippen LogP) is 7.55. The summed E-state index contributed by atoms with van der Waals surface area (Å²) >= 11 is 6.20. The van der Waals surface area contributed by atoms with Gasteiger partial charge in [-0.25, -0.2) is 8.42 Å². The topological polar surface area (TPSA) is 86.8 Å². The Morgan fingerprint density at radius 2 is 1.48 bits per heavy atom. The fourth-order valence-corrected chi connectivity index (χ4v) is 7.84. The summed E-state index contributed by atoms with van der Waals surface area (Å²) in [4.78, 5) is 30.6. The highest BCUT2D eigenvalue weighted by Gasteiger charge is 2.36. The van der Waals surface area contributed by atoms with Crippen molar-refractivity contribution in [3.8, 4) is 0 Å². The maximum absolute atomic E-state index is 14.8. The molecule has 0 heterocycles. The number of carbonyl (C=O) groups excluding carboxylic acids is 2. The van der Waals surface area contributed by atoms with Gasteiger partial charge in [0.25, 0.3) is 10.0 Å². The Labute approximate surface area is 290 Å². The van der Waals surface area contributed by atoms with E-state index in [9.17, 15) is 18.0 Å². The smallest absolute Gasteiger partial charge is 0.264 e. The molecule has 0 spiro atoms. The van der Waals surface area contributed by atoms with Crippen molar-refractivity contribution < 1.29 is 18.0 Å². The van der Waals surface area contributed by atoms with Gasteiger partial charge in [0.1, 0.15) is 12.6 Å². The van der Waals surface area contributed by atoms with Gasteiger partial charge in [0.2, 0.25) is 11.8 Å². The zero-order chi connectivity index (χ0) is 34.3. The van der Waals surface area contributed by atoms with E-state index in [1.165, 1.54) is 9.21 Å². The van der Waals surface area contributed by atoms with Gasteiger partial charge in [-0.15, -0.1) is 0 Å². The van der Waals surface area contributed by atoms with E-state index in [0.717, 1.165) is 59.9 Å². The first-order valence-electron chi connectivity index (χ1n) is 16.6. The van der Waals surface area contributed by atoms with Crippen molar-refractivity contribution in [2.45, 2.75) is 82.8 Å². The lowest BCUT2D eigenvalue weighted by atomic mass is 9.94. The summed E-state index contributed by atoms with van der Waals surface area (Å²) in [7, 11) is -4.18. The molecule has 5 rings (SSSR count). The van der Waals surface area contributed by atoms with Crippen LogP contribution in [0.25, 0.3) is 0 Å². The Balaban J connectivity index is 1.58. The molecule has 1 unspecified atom stereocenters. The van der Waals surface area contributed by atoms with Gasteiger partial charge in [-0.1, -0.05) is 103 Å². The molecule has 0 aliphatic heterocycles. The van der Waals surface area contributed by atoms with Crippen LogP contribution in [0.5, 0.6) is 0 Å². The Morgan fingerprint density at radius 3 is 2.15 bits per heavy atom. The number of rotatable bonds is 12. The quantitative estimate of drug-likeness (QED) is 0.167. The maximum Gasteiger partial charge on any atom is 0.264 e. The molecule has 1 aliphatic carbocycles. The third kappa shape index (κ3) is 8.65. The second-order valence-corrected chi connectivity index (χ2v) is 15.0. The summed E-state index contributed by atoms with van der Waals surface area (Å²) in [6, 6.07) is 28.0. The first kappa shape index (κ1) is 35.2. The van der Waals surface area contributed by atoms with E-state index in [1.807, 2.05) is 69.3 Å². The highest BCUT2D eigenvalue weighted by molar-refractivity contribution is 7.92. The number of nitrogens with zero attached hydrogens (tertiary/aromatic N) is 2. The van der Waals surface area contributed by atoms with Gasteiger partial charge in [-0.2, -0.15) is 0 Å². The minimum absolute atomic E-state index is 0.0327. The largest absolute Gasteiger partial charge is 0.352 e. The molecule has 0 radical (unpaired) electrons. The molecule has 1 saturated carbocycles. The molecule has 1 fully saturated rings. The Bertz CT molecular complexity index is 1810. The second kappa shape index (κ2) is 15.8. The zero-order valence-electron chi connectivity index (χ0n) is 27.9. The number of sulfonamides is 1. The van der Waals surface area contributed by atoms with Crippen LogP contribution >= 0.6 is 11.6 Å². The van der Waals surface area contributed by atoms with E-state index in [1.54, 1.807) is 48.5 Å². The van der Waals surface area contributed by atoms with E-state index in [0.29, 0.717) is 10.7 Å². The lowest BCUT2D eigenvalue weighted by molar-refractivity contribution is -0.140. The molecule has 0 saturated heterocycles. The first-order chi connectivity index (χ1) is 23.0. The molecule has 4 aromatic carbocycles. The van der Waals surface area contributed by atoms with Gasteiger partial charge in [0, 0.05) is 24.0 Å². The Kier molecular flexibility index (Phi) is 11.6. The molecule has 48 heavy (non-hydrogen) atoms.